The molecule has 15 heteroatoms. The third-order valence-corrected chi connectivity index (χ3v) is 8.13. The number of hydrogen-bond donors (Lipinski definition) is 5. The largest absolute Gasteiger partial charge is 0.460 e. The first-order chi connectivity index (χ1) is 23.9. The van der Waals surface area contributed by atoms with E-state index in [9.17, 15) is 29.1 Å². The molecule has 2 aliphatic rings. The molecule has 0 bridgehead atoms. The number of carbonyl (C=O) groups is 5. The summed E-state index contributed by atoms with van der Waals surface area (Å²) in [5, 5.41) is 19.6. The number of rotatable bonds is 15. The summed E-state index contributed by atoms with van der Waals surface area (Å²) in [6, 6.07) is 14.3. The van der Waals surface area contributed by atoms with Gasteiger partial charge in [-0.25, -0.2) is 0 Å². The van der Waals surface area contributed by atoms with E-state index in [0.717, 1.165) is 5.56 Å². The van der Waals surface area contributed by atoms with E-state index in [2.05, 4.69) is 22.5 Å². The van der Waals surface area contributed by atoms with Crippen molar-refractivity contribution in [3.05, 3.63) is 84.4 Å². The van der Waals surface area contributed by atoms with Crippen molar-refractivity contribution in [2.45, 2.75) is 88.2 Å². The Balaban J connectivity index is 1.38. The highest BCUT2D eigenvalue weighted by Crippen LogP contribution is 2.41. The van der Waals surface area contributed by atoms with E-state index in [1.54, 1.807) is 48.5 Å². The Morgan fingerprint density at radius 3 is 2.40 bits per heavy atom. The van der Waals surface area contributed by atoms with Crippen molar-refractivity contribution in [2.75, 3.05) is 13.2 Å². The predicted octanol–water partition coefficient (Wildman–Crippen LogP) is 0.652. The van der Waals surface area contributed by atoms with Crippen LogP contribution in [0.3, 0.4) is 0 Å². The summed E-state index contributed by atoms with van der Waals surface area (Å²) in [5.41, 5.74) is 5.17. The molecular formula is C35H44N4O11. The van der Waals surface area contributed by atoms with Crippen molar-refractivity contribution in [1.82, 2.24) is 16.0 Å². The van der Waals surface area contributed by atoms with Gasteiger partial charge in [-0.2, -0.15) is 0 Å². The number of esters is 1. The summed E-state index contributed by atoms with van der Waals surface area (Å²) in [5.74, 6) is -3.58. The van der Waals surface area contributed by atoms with Gasteiger partial charge in [0.1, 0.15) is 42.5 Å². The predicted molar refractivity (Wildman–Crippen MR) is 176 cm³/mol. The molecule has 1 unspecified atom stereocenters. The number of nitrogens with two attached hydrogens (primary N) is 1. The Morgan fingerprint density at radius 1 is 1.06 bits per heavy atom. The average Bonchev–Trinajstić information content (AvgIpc) is 3.10. The lowest BCUT2D eigenvalue weighted by molar-refractivity contribution is -0.365. The third kappa shape index (κ3) is 10.3. The second-order valence-electron chi connectivity index (χ2n) is 12.1. The van der Waals surface area contributed by atoms with Gasteiger partial charge in [0.25, 0.3) is 0 Å². The number of benzene rings is 2. The van der Waals surface area contributed by atoms with Crippen molar-refractivity contribution in [1.29, 1.82) is 0 Å². The van der Waals surface area contributed by atoms with Crippen LogP contribution >= 0.6 is 0 Å². The lowest BCUT2D eigenvalue weighted by Crippen LogP contribution is -2.74. The van der Waals surface area contributed by atoms with E-state index in [1.165, 1.54) is 19.9 Å². The molecule has 15 nitrogen and oxygen atoms in total. The van der Waals surface area contributed by atoms with Crippen LogP contribution in [-0.4, -0.2) is 90.1 Å². The molecule has 4 rings (SSSR count). The van der Waals surface area contributed by atoms with Gasteiger partial charge < -0.3 is 45.2 Å². The summed E-state index contributed by atoms with van der Waals surface area (Å²) >= 11 is 0. The number of carbonyl (C=O) groups excluding carboxylic acids is 5. The van der Waals surface area contributed by atoms with Crippen molar-refractivity contribution >= 4 is 29.6 Å². The first-order valence-electron chi connectivity index (χ1n) is 16.2. The highest BCUT2D eigenvalue weighted by Gasteiger charge is 2.60. The van der Waals surface area contributed by atoms with E-state index in [1.807, 2.05) is 12.1 Å². The summed E-state index contributed by atoms with van der Waals surface area (Å²) in [6.07, 6.45) is -3.80. The number of hydrogen-bond acceptors (Lipinski definition) is 12. The van der Waals surface area contributed by atoms with Crippen LogP contribution in [0, 0.1) is 0 Å². The van der Waals surface area contributed by atoms with E-state index in [-0.39, 0.29) is 32.7 Å². The normalized spacial score (nSPS) is 25.6. The van der Waals surface area contributed by atoms with Crippen LogP contribution in [0.25, 0.3) is 0 Å². The summed E-state index contributed by atoms with van der Waals surface area (Å²) < 4.78 is 29.0. The minimum absolute atomic E-state index is 0.000220. The maximum atomic E-state index is 13.4. The van der Waals surface area contributed by atoms with Crippen molar-refractivity contribution < 1.29 is 52.8 Å². The molecule has 0 aliphatic carbocycles. The molecule has 0 radical (unpaired) electrons. The van der Waals surface area contributed by atoms with Crippen molar-refractivity contribution in [3.8, 4) is 0 Å². The number of aliphatic hydroxyl groups is 1. The zero-order valence-electron chi connectivity index (χ0n) is 27.9. The van der Waals surface area contributed by atoms with Crippen LogP contribution in [0.5, 0.6) is 0 Å². The molecule has 0 aromatic heterocycles. The van der Waals surface area contributed by atoms with Gasteiger partial charge in [0.05, 0.1) is 19.6 Å². The highest BCUT2D eigenvalue weighted by atomic mass is 16.7. The molecule has 4 amide bonds. The molecule has 2 aliphatic heterocycles. The van der Waals surface area contributed by atoms with Crippen LogP contribution in [0.1, 0.15) is 50.5 Å². The van der Waals surface area contributed by atoms with Gasteiger partial charge in [-0.3, -0.25) is 29.3 Å². The van der Waals surface area contributed by atoms with E-state index in [0.29, 0.717) is 5.56 Å². The zero-order valence-corrected chi connectivity index (χ0v) is 27.9. The van der Waals surface area contributed by atoms with Gasteiger partial charge in [0, 0.05) is 18.9 Å². The molecule has 2 saturated heterocycles. The minimum atomic E-state index is -2.13. The molecule has 0 saturated carbocycles. The Hall–Kier alpha value is -4.51. The lowest BCUT2D eigenvalue weighted by Gasteiger charge is -2.53. The molecule has 2 fully saturated rings. The Bertz CT molecular complexity index is 1490. The first-order valence-corrected chi connectivity index (χ1v) is 16.2. The Kier molecular flexibility index (Phi) is 13.7. The van der Waals surface area contributed by atoms with E-state index in [4.69, 9.17) is 29.4 Å². The Labute approximate surface area is 289 Å². The summed E-state index contributed by atoms with van der Waals surface area (Å²) in [6.45, 7) is 6.20. The van der Waals surface area contributed by atoms with Crippen molar-refractivity contribution in [2.24, 2.45) is 5.73 Å². The van der Waals surface area contributed by atoms with Gasteiger partial charge in [0.15, 0.2) is 12.6 Å². The van der Waals surface area contributed by atoms with Crippen LogP contribution in [0.15, 0.2) is 73.3 Å². The number of nitrogens with one attached hydrogen (secondary N) is 3. The van der Waals surface area contributed by atoms with Crippen molar-refractivity contribution in [3.63, 3.8) is 0 Å². The highest BCUT2D eigenvalue weighted by molar-refractivity contribution is 5.99. The molecule has 0 spiro atoms. The molecule has 270 valence electrons. The summed E-state index contributed by atoms with van der Waals surface area (Å²) in [7, 11) is 0. The second kappa shape index (κ2) is 17.9. The van der Waals surface area contributed by atoms with Crippen LogP contribution in [0.2, 0.25) is 0 Å². The maximum Gasteiger partial charge on any atom is 0.323 e. The quantitative estimate of drug-likeness (QED) is 0.128. The molecule has 2 aromatic rings. The van der Waals surface area contributed by atoms with Crippen LogP contribution in [0.4, 0.5) is 0 Å². The molecular weight excluding hydrogens is 652 g/mol. The fourth-order valence-electron chi connectivity index (χ4n) is 5.61. The van der Waals surface area contributed by atoms with Crippen LogP contribution in [-0.2, 0) is 54.3 Å². The molecule has 6 N–H and O–H groups in total. The third-order valence-electron chi connectivity index (χ3n) is 8.13. The van der Waals surface area contributed by atoms with E-state index >= 15 is 0 Å². The maximum absolute atomic E-state index is 13.4. The molecule has 2 aromatic carbocycles. The first kappa shape index (κ1) is 38.3. The number of imide groups is 1. The minimum Gasteiger partial charge on any atom is -0.460 e. The second-order valence-corrected chi connectivity index (χ2v) is 12.1. The van der Waals surface area contributed by atoms with Crippen LogP contribution < -0.4 is 21.7 Å². The zero-order chi connectivity index (χ0) is 36.3. The van der Waals surface area contributed by atoms with E-state index < -0.39 is 84.5 Å². The topological polar surface area (TPSA) is 214 Å². The molecule has 2 heterocycles. The standard InChI is InChI=1S/C35H44N4O11/c1-4-17-46-34-29(38-22(3)40)35(45,30-26(49-34)20-48-33(50-30)24-13-9-6-10-14-24)18-28(42)37-21(2)31(43)39-27(41)16-15-25(36)32(44)47-19-23-11-7-5-8-12-23/h4-14,21,25-26,29-30,33-34,45H,1,15-20,36H2,2-3H3,(H,37,42)(H,38,40)(H,39,41,43)/t21-,25-,26+,29-,30+,33?,34-,35+/m0/s1. The van der Waals surface area contributed by atoms with Gasteiger partial charge in [-0.05, 0) is 18.9 Å². The van der Waals surface area contributed by atoms with Gasteiger partial charge in [-0.1, -0.05) is 66.7 Å². The van der Waals surface area contributed by atoms with Gasteiger partial charge in [0.2, 0.25) is 23.6 Å². The summed E-state index contributed by atoms with van der Waals surface area (Å²) in [4.78, 5) is 63.3. The van der Waals surface area contributed by atoms with Gasteiger partial charge >= 0.3 is 5.97 Å². The lowest BCUT2D eigenvalue weighted by atomic mass is 9.78. The van der Waals surface area contributed by atoms with Gasteiger partial charge in [-0.15, -0.1) is 6.58 Å². The molecule has 8 atom stereocenters. The number of ether oxygens (including phenoxy) is 5. The SMILES string of the molecule is C=CCO[C@H]1O[C@@H]2COC(c3ccccc3)O[C@H]2[C@@](O)(CC(=O)N[C@@H](C)C(=O)NC(=O)CC[C@H](N)C(=O)OCc2ccccc2)[C@H]1NC(C)=O. The fourth-order valence-corrected chi connectivity index (χ4v) is 5.61. The molecule has 50 heavy (non-hydrogen) atoms. The number of fused-ring (bicyclic) bond motifs is 1. The monoisotopic (exact) mass is 696 g/mol. The fraction of sp³-hybridized carbons (Fsp3) is 0.457. The average molecular weight is 697 g/mol. The smallest absolute Gasteiger partial charge is 0.323 e. The number of amides is 4. The Morgan fingerprint density at radius 2 is 1.74 bits per heavy atom.